The molecule has 6 nitrogen and oxygen atoms in total. The quantitative estimate of drug-likeness (QED) is 0.857. The van der Waals surface area contributed by atoms with Gasteiger partial charge in [0.2, 0.25) is 0 Å². The van der Waals surface area contributed by atoms with Crippen molar-refractivity contribution in [2.45, 2.75) is 50.9 Å². The third-order valence-corrected chi connectivity index (χ3v) is 4.71. The number of rotatable bonds is 5. The maximum Gasteiger partial charge on any atom is 0.338 e. The van der Waals surface area contributed by atoms with Gasteiger partial charge in [0, 0.05) is 12.6 Å². The number of aryl methyl sites for hydroxylation is 1. The van der Waals surface area contributed by atoms with Crippen molar-refractivity contribution in [2.24, 2.45) is 0 Å². The molecule has 3 unspecified atom stereocenters. The van der Waals surface area contributed by atoms with Gasteiger partial charge in [-0.15, -0.1) is 0 Å². The zero-order chi connectivity index (χ0) is 17.9. The number of benzene rings is 1. The second-order valence-corrected chi connectivity index (χ2v) is 6.32. The Kier molecular flexibility index (Phi) is 5.62. The first-order valence-electron chi connectivity index (χ1n) is 8.23. The van der Waals surface area contributed by atoms with Crippen molar-refractivity contribution < 1.29 is 24.5 Å². The molecule has 1 amide bonds. The number of aliphatic hydroxyl groups is 1. The molecule has 0 radical (unpaired) electrons. The molecule has 0 aliphatic carbocycles. The maximum absolute atomic E-state index is 12.9. The molecular formula is C18H25NO5. The van der Waals surface area contributed by atoms with E-state index in [-0.39, 0.29) is 18.9 Å². The zero-order valence-electron chi connectivity index (χ0n) is 14.4. The van der Waals surface area contributed by atoms with Gasteiger partial charge in [0.1, 0.15) is 0 Å². The predicted octanol–water partition coefficient (Wildman–Crippen LogP) is 1.84. The monoisotopic (exact) mass is 335 g/mol. The van der Waals surface area contributed by atoms with Gasteiger partial charge < -0.3 is 19.8 Å². The molecule has 1 aliphatic heterocycles. The number of carbonyl (C=O) groups is 2. The number of aliphatic hydroxyl groups excluding tert-OH is 1. The maximum atomic E-state index is 12.9. The smallest absolute Gasteiger partial charge is 0.338 e. The highest BCUT2D eigenvalue weighted by molar-refractivity contribution is 5.96. The van der Waals surface area contributed by atoms with Crippen LogP contribution in [0, 0.1) is 6.92 Å². The van der Waals surface area contributed by atoms with Gasteiger partial charge in [-0.2, -0.15) is 0 Å². The lowest BCUT2D eigenvalue weighted by Gasteiger charge is -2.47. The van der Waals surface area contributed by atoms with E-state index in [1.807, 2.05) is 26.0 Å². The number of likely N-dealkylation sites (N-methyl/N-ethyl adjacent to an activating group) is 1. The number of aliphatic carboxylic acids is 1. The van der Waals surface area contributed by atoms with Crippen molar-refractivity contribution in [3.8, 4) is 0 Å². The summed E-state index contributed by atoms with van der Waals surface area (Å²) in [4.78, 5) is 26.2. The fourth-order valence-electron chi connectivity index (χ4n) is 3.50. The first kappa shape index (κ1) is 18.4. The summed E-state index contributed by atoms with van der Waals surface area (Å²) in [6.45, 7) is 3.84. The molecule has 1 aromatic carbocycles. The van der Waals surface area contributed by atoms with E-state index < -0.39 is 23.7 Å². The Labute approximate surface area is 142 Å². The molecule has 1 heterocycles. The summed E-state index contributed by atoms with van der Waals surface area (Å²) in [6.07, 6.45) is 0.158. The fourth-order valence-corrected chi connectivity index (χ4v) is 3.50. The summed E-state index contributed by atoms with van der Waals surface area (Å²) in [5.41, 5.74) is -0.287. The van der Waals surface area contributed by atoms with Crippen molar-refractivity contribution >= 4 is 11.9 Å². The number of hydrogen-bond acceptors (Lipinski definition) is 4. The van der Waals surface area contributed by atoms with Crippen molar-refractivity contribution in [3.05, 3.63) is 35.4 Å². The van der Waals surface area contributed by atoms with Gasteiger partial charge >= 0.3 is 5.97 Å². The molecule has 1 aliphatic rings. The van der Waals surface area contributed by atoms with E-state index in [2.05, 4.69) is 0 Å². The van der Waals surface area contributed by atoms with E-state index in [1.54, 1.807) is 12.1 Å². The second kappa shape index (κ2) is 7.32. The molecular weight excluding hydrogens is 310 g/mol. The molecule has 6 heteroatoms. The topological polar surface area (TPSA) is 87.1 Å². The van der Waals surface area contributed by atoms with Crippen LogP contribution in [0.15, 0.2) is 24.3 Å². The van der Waals surface area contributed by atoms with Crippen molar-refractivity contribution in [1.82, 2.24) is 4.90 Å². The van der Waals surface area contributed by atoms with E-state index >= 15 is 0 Å². The van der Waals surface area contributed by atoms with E-state index in [4.69, 9.17) is 4.74 Å². The van der Waals surface area contributed by atoms with Crippen LogP contribution in [0.5, 0.6) is 0 Å². The molecule has 0 aromatic heterocycles. The lowest BCUT2D eigenvalue weighted by molar-refractivity contribution is -0.199. The minimum atomic E-state index is -1.58. The normalized spacial score (nSPS) is 26.8. The van der Waals surface area contributed by atoms with Crippen LogP contribution in [-0.4, -0.2) is 58.4 Å². The van der Waals surface area contributed by atoms with E-state index in [0.717, 1.165) is 5.56 Å². The van der Waals surface area contributed by atoms with Crippen molar-refractivity contribution in [2.75, 3.05) is 13.7 Å². The minimum absolute atomic E-state index is 0.163. The van der Waals surface area contributed by atoms with Gasteiger partial charge in [-0.1, -0.05) is 31.5 Å². The van der Waals surface area contributed by atoms with E-state index in [9.17, 15) is 19.8 Å². The minimum Gasteiger partial charge on any atom is -0.479 e. The summed E-state index contributed by atoms with van der Waals surface area (Å²) in [5.74, 6) is -1.46. The molecule has 1 aromatic rings. The molecule has 0 saturated carbocycles. The Bertz CT molecular complexity index is 613. The number of hydrogen-bond donors (Lipinski definition) is 2. The molecule has 1 fully saturated rings. The molecule has 1 saturated heterocycles. The first-order chi connectivity index (χ1) is 11.3. The van der Waals surface area contributed by atoms with Crippen LogP contribution in [0.4, 0.5) is 0 Å². The van der Waals surface area contributed by atoms with Crippen LogP contribution in [0.2, 0.25) is 0 Å². The molecule has 0 bridgehead atoms. The third-order valence-electron chi connectivity index (χ3n) is 4.71. The fraction of sp³-hybridized carbons (Fsp3) is 0.556. The molecule has 2 N–H and O–H groups in total. The van der Waals surface area contributed by atoms with Crippen LogP contribution in [0.25, 0.3) is 0 Å². The van der Waals surface area contributed by atoms with Crippen LogP contribution >= 0.6 is 0 Å². The van der Waals surface area contributed by atoms with Gasteiger partial charge in [0.05, 0.1) is 18.8 Å². The summed E-state index contributed by atoms with van der Waals surface area (Å²) < 4.78 is 5.63. The molecule has 0 spiro atoms. The Morgan fingerprint density at radius 3 is 2.62 bits per heavy atom. The highest BCUT2D eigenvalue weighted by atomic mass is 16.5. The molecule has 3 atom stereocenters. The lowest BCUT2D eigenvalue weighted by Crippen LogP contribution is -2.66. The van der Waals surface area contributed by atoms with Crippen LogP contribution < -0.4 is 0 Å². The Balaban J connectivity index is 2.42. The third kappa shape index (κ3) is 3.16. The summed E-state index contributed by atoms with van der Waals surface area (Å²) >= 11 is 0. The van der Waals surface area contributed by atoms with Gasteiger partial charge in [-0.3, -0.25) is 4.79 Å². The van der Waals surface area contributed by atoms with Gasteiger partial charge in [0.15, 0.2) is 5.60 Å². The van der Waals surface area contributed by atoms with E-state index in [0.29, 0.717) is 18.4 Å². The molecule has 2 rings (SSSR count). The number of carbonyl (C=O) groups excluding carboxylic acids is 1. The summed E-state index contributed by atoms with van der Waals surface area (Å²) in [5, 5.41) is 20.3. The average molecular weight is 335 g/mol. The predicted molar refractivity (Wildman–Crippen MR) is 88.9 cm³/mol. The number of amides is 1. The Morgan fingerprint density at radius 1 is 1.38 bits per heavy atom. The number of carboxylic acid groups (broad SMARTS) is 1. The highest BCUT2D eigenvalue weighted by Crippen LogP contribution is 2.34. The summed E-state index contributed by atoms with van der Waals surface area (Å²) in [7, 11) is 1.53. The number of ether oxygens (including phenoxy) is 1. The number of nitrogens with zero attached hydrogens (tertiary/aromatic N) is 1. The largest absolute Gasteiger partial charge is 0.479 e. The lowest BCUT2D eigenvalue weighted by atomic mass is 9.81. The van der Waals surface area contributed by atoms with Crippen molar-refractivity contribution in [3.63, 3.8) is 0 Å². The Hall–Kier alpha value is -1.92. The first-order valence-corrected chi connectivity index (χ1v) is 8.23. The highest BCUT2D eigenvalue weighted by Gasteiger charge is 2.54. The van der Waals surface area contributed by atoms with Gasteiger partial charge in [-0.25, -0.2) is 4.79 Å². The van der Waals surface area contributed by atoms with E-state index in [1.165, 1.54) is 11.9 Å². The van der Waals surface area contributed by atoms with Gasteiger partial charge in [0.25, 0.3) is 5.91 Å². The summed E-state index contributed by atoms with van der Waals surface area (Å²) in [6, 6.07) is 6.19. The number of carboxylic acids is 1. The van der Waals surface area contributed by atoms with Crippen LogP contribution in [0.1, 0.15) is 42.1 Å². The van der Waals surface area contributed by atoms with Crippen molar-refractivity contribution in [1.29, 1.82) is 0 Å². The van der Waals surface area contributed by atoms with Crippen LogP contribution in [-0.2, 0) is 9.53 Å². The van der Waals surface area contributed by atoms with Gasteiger partial charge in [-0.05, 0) is 31.4 Å². The second-order valence-electron chi connectivity index (χ2n) is 6.32. The van der Waals surface area contributed by atoms with Crippen LogP contribution in [0.3, 0.4) is 0 Å². The molecule has 24 heavy (non-hydrogen) atoms. The Morgan fingerprint density at radius 2 is 2.04 bits per heavy atom. The SMILES string of the molecule is CCCC1(C(=O)O)OCCC(O)C1N(C)C(=O)c1ccccc1C. The average Bonchev–Trinajstić information content (AvgIpc) is 2.54. The molecule has 132 valence electrons. The zero-order valence-corrected chi connectivity index (χ0v) is 14.4. The standard InChI is InChI=1S/C18H25NO5/c1-4-10-18(17(22)23)15(14(20)9-11-24-18)19(3)16(21)13-8-6-5-7-12(13)2/h5-8,14-15,20H,4,9-11H2,1-3H3,(H,22,23).